The first kappa shape index (κ1) is 18.9. The Balaban J connectivity index is 4.57. The lowest BCUT2D eigenvalue weighted by Gasteiger charge is -2.29. The van der Waals surface area contributed by atoms with Gasteiger partial charge in [0.1, 0.15) is 0 Å². The highest BCUT2D eigenvalue weighted by atomic mass is 16.4. The molecule has 1 amide bonds. The number of carboxylic acid groups (broad SMARTS) is 1. The summed E-state index contributed by atoms with van der Waals surface area (Å²) in [6.07, 6.45) is 3.78. The normalized spacial score (nSPS) is 14.1. The zero-order chi connectivity index (χ0) is 15.7. The van der Waals surface area contributed by atoms with Gasteiger partial charge in [-0.3, -0.25) is 14.6 Å². The fraction of sp³-hybridized carbons (Fsp3) is 0.867. The summed E-state index contributed by atoms with van der Waals surface area (Å²) in [6, 6.07) is -0.409. The molecule has 0 aromatic carbocycles. The topological polar surface area (TPSA) is 83.6 Å². The summed E-state index contributed by atoms with van der Waals surface area (Å²) >= 11 is 0. The summed E-state index contributed by atoms with van der Waals surface area (Å²) in [5.41, 5.74) is 0. The van der Waals surface area contributed by atoms with Crippen molar-refractivity contribution in [2.75, 3.05) is 0 Å². The van der Waals surface area contributed by atoms with Crippen LogP contribution in [0.3, 0.4) is 0 Å². The number of aliphatic carboxylic acids is 1. The second-order valence-corrected chi connectivity index (χ2v) is 6.11. The highest BCUT2D eigenvalue weighted by molar-refractivity contribution is 5.77. The first-order valence-electron chi connectivity index (χ1n) is 7.56. The number of carboxylic acids is 1. The fourth-order valence-electron chi connectivity index (χ4n) is 2.32. The monoisotopic (exact) mass is 286 g/mol. The van der Waals surface area contributed by atoms with Gasteiger partial charge in [0, 0.05) is 6.42 Å². The molecule has 0 aliphatic carbocycles. The highest BCUT2D eigenvalue weighted by Gasteiger charge is 2.25. The van der Waals surface area contributed by atoms with E-state index in [4.69, 9.17) is 10.9 Å². The van der Waals surface area contributed by atoms with Crippen LogP contribution in [0.1, 0.15) is 66.2 Å². The van der Waals surface area contributed by atoms with Crippen LogP contribution in [0.15, 0.2) is 0 Å². The Labute approximate surface area is 122 Å². The van der Waals surface area contributed by atoms with E-state index >= 15 is 0 Å². The SMILES string of the molecule is CCCC(C)CC(CC(=O)O)N(N)C(=O)CCC(C)C. The van der Waals surface area contributed by atoms with Crippen molar-refractivity contribution in [2.45, 2.75) is 72.3 Å². The lowest BCUT2D eigenvalue weighted by Crippen LogP contribution is -2.47. The van der Waals surface area contributed by atoms with Crippen molar-refractivity contribution in [3.8, 4) is 0 Å². The molecule has 0 aliphatic rings. The molecule has 0 aromatic heterocycles. The Bertz CT molecular complexity index is 305. The molecule has 0 heterocycles. The van der Waals surface area contributed by atoms with Gasteiger partial charge in [0.05, 0.1) is 12.5 Å². The van der Waals surface area contributed by atoms with Crippen LogP contribution in [0.2, 0.25) is 0 Å². The number of carbonyl (C=O) groups is 2. The number of hydrogen-bond donors (Lipinski definition) is 2. The first-order chi connectivity index (χ1) is 9.27. The van der Waals surface area contributed by atoms with Gasteiger partial charge in [0.2, 0.25) is 5.91 Å². The molecule has 2 atom stereocenters. The molecular weight excluding hydrogens is 256 g/mol. The Morgan fingerprint density at radius 2 is 1.80 bits per heavy atom. The third kappa shape index (κ3) is 8.15. The summed E-state index contributed by atoms with van der Waals surface area (Å²) in [6.45, 7) is 8.26. The molecule has 20 heavy (non-hydrogen) atoms. The maximum Gasteiger partial charge on any atom is 0.305 e. The second kappa shape index (κ2) is 9.75. The number of carbonyl (C=O) groups excluding carboxylic acids is 1. The zero-order valence-corrected chi connectivity index (χ0v) is 13.3. The lowest BCUT2D eigenvalue weighted by atomic mass is 9.95. The zero-order valence-electron chi connectivity index (χ0n) is 13.3. The summed E-state index contributed by atoms with van der Waals surface area (Å²) in [4.78, 5) is 23.0. The smallest absolute Gasteiger partial charge is 0.305 e. The van der Waals surface area contributed by atoms with E-state index in [1.807, 2.05) is 13.8 Å². The van der Waals surface area contributed by atoms with Gasteiger partial charge in [0.15, 0.2) is 0 Å². The Morgan fingerprint density at radius 3 is 2.25 bits per heavy atom. The van der Waals surface area contributed by atoms with Crippen LogP contribution in [0, 0.1) is 11.8 Å². The molecular formula is C15H30N2O3. The van der Waals surface area contributed by atoms with Crippen molar-refractivity contribution >= 4 is 11.9 Å². The maximum absolute atomic E-state index is 12.0. The summed E-state index contributed by atoms with van der Waals surface area (Å²) in [5.74, 6) is 5.59. The van der Waals surface area contributed by atoms with Gasteiger partial charge in [0.25, 0.3) is 0 Å². The minimum absolute atomic E-state index is 0.0853. The van der Waals surface area contributed by atoms with Gasteiger partial charge < -0.3 is 5.11 Å². The molecule has 0 spiro atoms. The van der Waals surface area contributed by atoms with Gasteiger partial charge in [-0.2, -0.15) is 0 Å². The predicted octanol–water partition coefficient (Wildman–Crippen LogP) is 2.79. The minimum Gasteiger partial charge on any atom is -0.481 e. The third-order valence-corrected chi connectivity index (χ3v) is 3.48. The highest BCUT2D eigenvalue weighted by Crippen LogP contribution is 2.18. The Morgan fingerprint density at radius 1 is 1.20 bits per heavy atom. The average Bonchev–Trinajstić information content (AvgIpc) is 2.33. The number of nitrogens with two attached hydrogens (primary N) is 1. The van der Waals surface area contributed by atoms with Crippen LogP contribution in [0.25, 0.3) is 0 Å². The van der Waals surface area contributed by atoms with Crippen molar-refractivity contribution in [1.29, 1.82) is 0 Å². The maximum atomic E-state index is 12.0. The summed E-state index contributed by atoms with van der Waals surface area (Å²) in [7, 11) is 0. The van der Waals surface area contributed by atoms with Crippen LogP contribution in [0.5, 0.6) is 0 Å². The molecule has 0 fully saturated rings. The van der Waals surface area contributed by atoms with Gasteiger partial charge in [-0.25, -0.2) is 5.84 Å². The largest absolute Gasteiger partial charge is 0.481 e. The van der Waals surface area contributed by atoms with Crippen molar-refractivity contribution in [3.05, 3.63) is 0 Å². The van der Waals surface area contributed by atoms with Crippen molar-refractivity contribution in [2.24, 2.45) is 17.7 Å². The second-order valence-electron chi connectivity index (χ2n) is 6.11. The van der Waals surface area contributed by atoms with Gasteiger partial charge in [-0.15, -0.1) is 0 Å². The standard InChI is InChI=1S/C15H30N2O3/c1-5-6-12(4)9-13(10-15(19)20)17(16)14(18)8-7-11(2)3/h11-13H,5-10,16H2,1-4H3,(H,19,20). The van der Waals surface area contributed by atoms with E-state index in [1.165, 1.54) is 0 Å². The Kier molecular flexibility index (Phi) is 9.21. The Hall–Kier alpha value is -1.10. The quantitative estimate of drug-likeness (QED) is 0.367. The number of rotatable bonds is 10. The molecule has 118 valence electrons. The molecule has 0 saturated carbocycles. The molecule has 0 rings (SSSR count). The van der Waals surface area contributed by atoms with Crippen LogP contribution in [-0.2, 0) is 9.59 Å². The predicted molar refractivity (Wildman–Crippen MR) is 79.8 cm³/mol. The van der Waals surface area contributed by atoms with E-state index in [2.05, 4.69) is 13.8 Å². The molecule has 5 heteroatoms. The van der Waals surface area contributed by atoms with E-state index in [0.717, 1.165) is 24.3 Å². The van der Waals surface area contributed by atoms with E-state index in [0.29, 0.717) is 24.7 Å². The number of hydrogen-bond acceptors (Lipinski definition) is 3. The van der Waals surface area contributed by atoms with Crippen LogP contribution in [0.4, 0.5) is 0 Å². The van der Waals surface area contributed by atoms with Crippen LogP contribution in [-0.4, -0.2) is 28.0 Å². The molecule has 0 bridgehead atoms. The van der Waals surface area contributed by atoms with Crippen LogP contribution >= 0.6 is 0 Å². The van der Waals surface area contributed by atoms with Crippen LogP contribution < -0.4 is 5.84 Å². The molecule has 0 saturated heterocycles. The minimum atomic E-state index is -0.911. The summed E-state index contributed by atoms with van der Waals surface area (Å²) < 4.78 is 0. The van der Waals surface area contributed by atoms with Crippen molar-refractivity contribution in [3.63, 3.8) is 0 Å². The van der Waals surface area contributed by atoms with E-state index in [1.54, 1.807) is 0 Å². The summed E-state index contributed by atoms with van der Waals surface area (Å²) in [5, 5.41) is 10.1. The van der Waals surface area contributed by atoms with Gasteiger partial charge in [-0.05, 0) is 24.7 Å². The molecule has 2 unspecified atom stereocenters. The average molecular weight is 286 g/mol. The van der Waals surface area contributed by atoms with E-state index in [9.17, 15) is 9.59 Å². The molecule has 0 radical (unpaired) electrons. The van der Waals surface area contributed by atoms with Crippen molar-refractivity contribution in [1.82, 2.24) is 5.01 Å². The number of hydrazine groups is 1. The fourth-order valence-corrected chi connectivity index (χ4v) is 2.32. The number of nitrogens with zero attached hydrogens (tertiary/aromatic N) is 1. The van der Waals surface area contributed by atoms with E-state index < -0.39 is 12.0 Å². The lowest BCUT2D eigenvalue weighted by molar-refractivity contribution is -0.141. The number of amides is 1. The molecule has 5 nitrogen and oxygen atoms in total. The van der Waals surface area contributed by atoms with Crippen molar-refractivity contribution < 1.29 is 14.7 Å². The van der Waals surface area contributed by atoms with Gasteiger partial charge >= 0.3 is 5.97 Å². The third-order valence-electron chi connectivity index (χ3n) is 3.48. The molecule has 0 aromatic rings. The van der Waals surface area contributed by atoms with E-state index in [-0.39, 0.29) is 12.3 Å². The molecule has 0 aliphatic heterocycles. The first-order valence-corrected chi connectivity index (χ1v) is 7.56. The molecule has 3 N–H and O–H groups in total. The van der Waals surface area contributed by atoms with Gasteiger partial charge in [-0.1, -0.05) is 40.5 Å².